The summed E-state index contributed by atoms with van der Waals surface area (Å²) in [5.74, 6) is 0. The maximum absolute atomic E-state index is 11.5. The predicted molar refractivity (Wildman–Crippen MR) is 52.5 cm³/mol. The molecule has 0 bridgehead atoms. The Bertz CT molecular complexity index is 411. The highest BCUT2D eigenvalue weighted by Crippen LogP contribution is 2.25. The van der Waals surface area contributed by atoms with Gasteiger partial charge in [-0.1, -0.05) is 6.07 Å². The fourth-order valence-corrected chi connectivity index (χ4v) is 1.65. The molecular formula is C10H10N4O. The molecule has 1 fully saturated rings. The molecule has 5 nitrogen and oxygen atoms in total. The number of likely N-dealkylation sites (N-methyl/N-ethyl adjacent to an activating group) is 1. The molecule has 15 heavy (non-hydrogen) atoms. The molecule has 1 unspecified atom stereocenters. The number of urea groups is 1. The second kappa shape index (κ2) is 3.58. The van der Waals surface area contributed by atoms with Crippen molar-refractivity contribution < 1.29 is 4.79 Å². The van der Waals surface area contributed by atoms with Crippen molar-refractivity contribution in [3.05, 3.63) is 30.1 Å². The molecule has 0 aromatic carbocycles. The highest BCUT2D eigenvalue weighted by Gasteiger charge is 2.36. The Kier molecular flexibility index (Phi) is 2.26. The van der Waals surface area contributed by atoms with Crippen molar-refractivity contribution in [3.8, 4) is 6.19 Å². The molecule has 76 valence electrons. The van der Waals surface area contributed by atoms with Crippen LogP contribution < -0.4 is 0 Å². The van der Waals surface area contributed by atoms with Crippen molar-refractivity contribution in [2.45, 2.75) is 6.04 Å². The van der Waals surface area contributed by atoms with E-state index in [1.165, 1.54) is 4.90 Å². The number of aromatic nitrogens is 1. The lowest BCUT2D eigenvalue weighted by molar-refractivity contribution is 0.205. The fourth-order valence-electron chi connectivity index (χ4n) is 1.65. The Morgan fingerprint density at radius 2 is 2.40 bits per heavy atom. The number of carbonyl (C=O) groups is 1. The standard InChI is InChI=1S/C10H10N4O/c1-13-9(6-14(7-11)10(13)15)8-4-2-3-5-12-8/h2-5,9H,6H2,1H3. The maximum Gasteiger partial charge on any atom is 0.333 e. The first-order valence-corrected chi connectivity index (χ1v) is 4.59. The molecule has 1 aliphatic heterocycles. The third kappa shape index (κ3) is 1.50. The molecule has 2 heterocycles. The number of rotatable bonds is 1. The van der Waals surface area contributed by atoms with Crippen molar-refractivity contribution in [3.63, 3.8) is 0 Å². The van der Waals surface area contributed by atoms with E-state index in [2.05, 4.69) is 4.98 Å². The van der Waals surface area contributed by atoms with Gasteiger partial charge in [0.2, 0.25) is 0 Å². The Hall–Kier alpha value is -2.09. The number of nitriles is 1. The Morgan fingerprint density at radius 1 is 1.60 bits per heavy atom. The fraction of sp³-hybridized carbons (Fsp3) is 0.300. The lowest BCUT2D eigenvalue weighted by atomic mass is 10.2. The van der Waals surface area contributed by atoms with Crippen molar-refractivity contribution >= 4 is 6.03 Å². The summed E-state index contributed by atoms with van der Waals surface area (Å²) in [6, 6.07) is 5.15. The number of hydrogen-bond donors (Lipinski definition) is 0. The first-order valence-electron chi connectivity index (χ1n) is 4.59. The van der Waals surface area contributed by atoms with E-state index in [1.807, 2.05) is 24.4 Å². The van der Waals surface area contributed by atoms with Gasteiger partial charge in [-0.2, -0.15) is 5.26 Å². The van der Waals surface area contributed by atoms with Gasteiger partial charge in [-0.05, 0) is 12.1 Å². The zero-order valence-electron chi connectivity index (χ0n) is 8.29. The molecule has 5 heteroatoms. The zero-order chi connectivity index (χ0) is 10.8. The SMILES string of the molecule is CN1C(=O)N(C#N)CC1c1ccccn1. The van der Waals surface area contributed by atoms with Crippen molar-refractivity contribution in [1.82, 2.24) is 14.8 Å². The number of pyridine rings is 1. The van der Waals surface area contributed by atoms with E-state index >= 15 is 0 Å². The summed E-state index contributed by atoms with van der Waals surface area (Å²) in [7, 11) is 1.68. The lowest BCUT2D eigenvalue weighted by Gasteiger charge is -2.16. The van der Waals surface area contributed by atoms with Gasteiger partial charge in [-0.25, -0.2) is 9.69 Å². The van der Waals surface area contributed by atoms with Gasteiger partial charge in [-0.3, -0.25) is 4.98 Å². The molecule has 1 atom stereocenters. The van der Waals surface area contributed by atoms with Crippen LogP contribution >= 0.6 is 0 Å². The largest absolute Gasteiger partial charge is 0.333 e. The summed E-state index contributed by atoms with van der Waals surface area (Å²) < 4.78 is 0. The van der Waals surface area contributed by atoms with Crippen LogP contribution in [0.15, 0.2) is 24.4 Å². The predicted octanol–water partition coefficient (Wildman–Crippen LogP) is 0.971. The van der Waals surface area contributed by atoms with Crippen LogP contribution in [0.2, 0.25) is 0 Å². The van der Waals surface area contributed by atoms with Crippen LogP contribution in [0.3, 0.4) is 0 Å². The number of hydrogen-bond acceptors (Lipinski definition) is 3. The molecule has 0 aliphatic carbocycles. The summed E-state index contributed by atoms with van der Waals surface area (Å²) in [6.45, 7) is 0.378. The van der Waals surface area contributed by atoms with Crippen LogP contribution in [-0.4, -0.2) is 34.4 Å². The van der Waals surface area contributed by atoms with Crippen molar-refractivity contribution in [2.24, 2.45) is 0 Å². The summed E-state index contributed by atoms with van der Waals surface area (Å²) >= 11 is 0. The second-order valence-electron chi connectivity index (χ2n) is 3.37. The zero-order valence-corrected chi connectivity index (χ0v) is 8.29. The van der Waals surface area contributed by atoms with Gasteiger partial charge in [0.05, 0.1) is 18.3 Å². The number of nitrogens with zero attached hydrogens (tertiary/aromatic N) is 4. The van der Waals surface area contributed by atoms with Crippen LogP contribution in [0.25, 0.3) is 0 Å². The summed E-state index contributed by atoms with van der Waals surface area (Å²) in [5, 5.41) is 8.73. The average molecular weight is 202 g/mol. The van der Waals surface area contributed by atoms with E-state index < -0.39 is 0 Å². The second-order valence-corrected chi connectivity index (χ2v) is 3.37. The van der Waals surface area contributed by atoms with E-state index in [0.29, 0.717) is 6.54 Å². The number of carbonyl (C=O) groups excluding carboxylic acids is 1. The molecule has 2 rings (SSSR count). The first-order chi connectivity index (χ1) is 7.24. The molecule has 1 aliphatic rings. The van der Waals surface area contributed by atoms with Gasteiger partial charge >= 0.3 is 6.03 Å². The molecule has 0 N–H and O–H groups in total. The number of amides is 2. The highest BCUT2D eigenvalue weighted by molar-refractivity contribution is 5.78. The Balaban J connectivity index is 2.27. The van der Waals surface area contributed by atoms with Crippen LogP contribution in [0.5, 0.6) is 0 Å². The van der Waals surface area contributed by atoms with Gasteiger partial charge in [0, 0.05) is 13.2 Å². The van der Waals surface area contributed by atoms with Crippen molar-refractivity contribution in [1.29, 1.82) is 5.26 Å². The lowest BCUT2D eigenvalue weighted by Crippen LogP contribution is -2.26. The minimum atomic E-state index is -0.270. The topological polar surface area (TPSA) is 60.2 Å². The molecule has 0 spiro atoms. The third-order valence-corrected chi connectivity index (χ3v) is 2.51. The van der Waals surface area contributed by atoms with Gasteiger partial charge in [0.1, 0.15) is 0 Å². The Morgan fingerprint density at radius 3 is 2.93 bits per heavy atom. The monoisotopic (exact) mass is 202 g/mol. The summed E-state index contributed by atoms with van der Waals surface area (Å²) in [4.78, 5) is 18.4. The molecule has 2 amide bonds. The minimum absolute atomic E-state index is 0.127. The van der Waals surface area contributed by atoms with Gasteiger partial charge in [0.15, 0.2) is 6.19 Å². The maximum atomic E-state index is 11.5. The highest BCUT2D eigenvalue weighted by atomic mass is 16.2. The first kappa shape index (κ1) is 9.46. The van der Waals surface area contributed by atoms with Crippen LogP contribution in [-0.2, 0) is 0 Å². The molecule has 0 radical (unpaired) electrons. The van der Waals surface area contributed by atoms with E-state index in [-0.39, 0.29) is 12.1 Å². The van der Waals surface area contributed by atoms with Gasteiger partial charge < -0.3 is 4.90 Å². The molecular weight excluding hydrogens is 192 g/mol. The molecule has 1 saturated heterocycles. The Labute approximate surface area is 87.5 Å². The van der Waals surface area contributed by atoms with Crippen molar-refractivity contribution in [2.75, 3.05) is 13.6 Å². The van der Waals surface area contributed by atoms with Gasteiger partial charge in [0.25, 0.3) is 0 Å². The normalized spacial score (nSPS) is 20.5. The van der Waals surface area contributed by atoms with E-state index in [1.54, 1.807) is 13.2 Å². The van der Waals surface area contributed by atoms with E-state index in [4.69, 9.17) is 5.26 Å². The van der Waals surface area contributed by atoms with E-state index in [9.17, 15) is 4.79 Å². The third-order valence-electron chi connectivity index (χ3n) is 2.51. The van der Waals surface area contributed by atoms with E-state index in [0.717, 1.165) is 10.6 Å². The quantitative estimate of drug-likeness (QED) is 0.637. The van der Waals surface area contributed by atoms with Crippen LogP contribution in [0, 0.1) is 11.5 Å². The average Bonchev–Trinajstić information content (AvgIpc) is 2.57. The van der Waals surface area contributed by atoms with Gasteiger partial charge in [-0.15, -0.1) is 0 Å². The molecule has 0 saturated carbocycles. The molecule has 1 aromatic rings. The smallest absolute Gasteiger partial charge is 0.316 e. The summed E-state index contributed by atoms with van der Waals surface area (Å²) in [5.41, 5.74) is 0.811. The summed E-state index contributed by atoms with van der Waals surface area (Å²) in [6.07, 6.45) is 3.54. The molecule has 1 aromatic heterocycles. The van der Waals surface area contributed by atoms with Crippen LogP contribution in [0.1, 0.15) is 11.7 Å². The van der Waals surface area contributed by atoms with Crippen LogP contribution in [0.4, 0.5) is 4.79 Å². The minimum Gasteiger partial charge on any atom is -0.316 e.